The molecule has 1 N–H and O–H groups in total. The third-order valence-corrected chi connectivity index (χ3v) is 6.13. The molecule has 0 spiro atoms. The van der Waals surface area contributed by atoms with Crippen molar-refractivity contribution in [2.75, 3.05) is 26.2 Å². The van der Waals surface area contributed by atoms with Gasteiger partial charge in [-0.3, -0.25) is 4.79 Å². The first-order valence-electron chi connectivity index (χ1n) is 7.88. The van der Waals surface area contributed by atoms with Crippen molar-refractivity contribution in [2.45, 2.75) is 31.7 Å². The highest BCUT2D eigenvalue weighted by atomic mass is 32.2. The van der Waals surface area contributed by atoms with Gasteiger partial charge in [-0.05, 0) is 45.1 Å². The van der Waals surface area contributed by atoms with Crippen LogP contribution >= 0.6 is 12.2 Å². The number of carbonyl (C=O) groups excluding carboxylic acids is 1. The summed E-state index contributed by atoms with van der Waals surface area (Å²) in [6, 6.07) is 6.33. The zero-order valence-corrected chi connectivity index (χ0v) is 15.8. The Morgan fingerprint density at radius 1 is 1.12 bits per heavy atom. The van der Waals surface area contributed by atoms with E-state index in [4.69, 9.17) is 12.2 Å². The Hall–Kier alpha value is -1.51. The van der Waals surface area contributed by atoms with Gasteiger partial charge in [0.05, 0.1) is 4.90 Å². The van der Waals surface area contributed by atoms with Crippen molar-refractivity contribution in [2.24, 2.45) is 0 Å². The predicted molar refractivity (Wildman–Crippen MR) is 97.6 cm³/mol. The molecule has 1 heterocycles. The SMILES string of the molecule is CC(=O)c1ccc(S(=O)(=O)N2CCN(C(=S)NC(C)C)CC2)cc1. The fourth-order valence-corrected chi connectivity index (χ4v) is 4.32. The monoisotopic (exact) mass is 369 g/mol. The molecule has 1 aliphatic rings. The summed E-state index contributed by atoms with van der Waals surface area (Å²) >= 11 is 5.33. The summed E-state index contributed by atoms with van der Waals surface area (Å²) in [5, 5.41) is 3.83. The first-order valence-corrected chi connectivity index (χ1v) is 9.73. The van der Waals surface area contributed by atoms with Crippen LogP contribution in [-0.4, -0.2) is 60.7 Å². The molecule has 1 aromatic rings. The van der Waals surface area contributed by atoms with E-state index in [-0.39, 0.29) is 16.7 Å². The molecule has 0 bridgehead atoms. The second-order valence-electron chi connectivity index (χ2n) is 6.08. The normalized spacial score (nSPS) is 16.2. The van der Waals surface area contributed by atoms with Crippen molar-refractivity contribution in [3.05, 3.63) is 29.8 Å². The molecule has 8 heteroatoms. The Kier molecular flexibility index (Phi) is 5.95. The number of sulfonamides is 1. The van der Waals surface area contributed by atoms with E-state index < -0.39 is 10.0 Å². The maximum absolute atomic E-state index is 12.7. The van der Waals surface area contributed by atoms with Crippen molar-refractivity contribution < 1.29 is 13.2 Å². The second-order valence-corrected chi connectivity index (χ2v) is 8.40. The van der Waals surface area contributed by atoms with Crippen molar-refractivity contribution in [3.8, 4) is 0 Å². The molecule has 6 nitrogen and oxygen atoms in total. The van der Waals surface area contributed by atoms with Crippen LogP contribution < -0.4 is 5.32 Å². The van der Waals surface area contributed by atoms with Gasteiger partial charge in [0.15, 0.2) is 10.9 Å². The topological polar surface area (TPSA) is 69.7 Å². The van der Waals surface area contributed by atoms with E-state index in [1.165, 1.54) is 23.4 Å². The van der Waals surface area contributed by atoms with Crippen LogP contribution in [0.15, 0.2) is 29.2 Å². The first-order chi connectivity index (χ1) is 11.2. The predicted octanol–water partition coefficient (Wildman–Crippen LogP) is 1.48. The molecule has 0 unspecified atom stereocenters. The molecular weight excluding hydrogens is 346 g/mol. The minimum Gasteiger partial charge on any atom is -0.360 e. The van der Waals surface area contributed by atoms with Gasteiger partial charge in [-0.2, -0.15) is 4.31 Å². The lowest BCUT2D eigenvalue weighted by molar-refractivity contribution is 0.101. The van der Waals surface area contributed by atoms with Gasteiger partial charge in [0.2, 0.25) is 10.0 Å². The van der Waals surface area contributed by atoms with Crippen LogP contribution in [-0.2, 0) is 10.0 Å². The molecular formula is C16H23N3O3S2. The van der Waals surface area contributed by atoms with Gasteiger partial charge in [-0.1, -0.05) is 12.1 Å². The summed E-state index contributed by atoms with van der Waals surface area (Å²) in [7, 11) is -3.54. The molecule has 0 atom stereocenters. The van der Waals surface area contributed by atoms with E-state index in [0.29, 0.717) is 36.9 Å². The number of carbonyl (C=O) groups is 1. The number of rotatable bonds is 4. The number of Topliss-reactive ketones (excluding diaryl/α,β-unsaturated/α-hetero) is 1. The standard InChI is InChI=1S/C16H23N3O3S2/c1-12(2)17-16(23)18-8-10-19(11-9-18)24(21,22)15-6-4-14(5-7-15)13(3)20/h4-7,12H,8-11H2,1-3H3,(H,17,23). The highest BCUT2D eigenvalue weighted by Gasteiger charge is 2.29. The molecule has 1 saturated heterocycles. The minimum atomic E-state index is -3.54. The quantitative estimate of drug-likeness (QED) is 0.640. The van der Waals surface area contributed by atoms with Gasteiger partial charge in [-0.15, -0.1) is 0 Å². The summed E-state index contributed by atoms with van der Waals surface area (Å²) in [5.74, 6) is -0.0845. The number of piperazine rings is 1. The average Bonchev–Trinajstić information content (AvgIpc) is 2.54. The molecule has 132 valence electrons. The molecule has 0 saturated carbocycles. The molecule has 1 fully saturated rings. The lowest BCUT2D eigenvalue weighted by Crippen LogP contribution is -2.53. The maximum atomic E-state index is 12.7. The Morgan fingerprint density at radius 3 is 2.12 bits per heavy atom. The Balaban J connectivity index is 2.04. The van der Waals surface area contributed by atoms with Gasteiger partial charge in [-0.25, -0.2) is 8.42 Å². The number of benzene rings is 1. The summed E-state index contributed by atoms with van der Waals surface area (Å²) < 4.78 is 26.9. The molecule has 2 rings (SSSR count). The van der Waals surface area contributed by atoms with Gasteiger partial charge >= 0.3 is 0 Å². The lowest BCUT2D eigenvalue weighted by atomic mass is 10.2. The smallest absolute Gasteiger partial charge is 0.243 e. The van der Waals surface area contributed by atoms with Crippen LogP contribution in [0, 0.1) is 0 Å². The zero-order chi connectivity index (χ0) is 17.9. The highest BCUT2D eigenvalue weighted by Crippen LogP contribution is 2.18. The van der Waals surface area contributed by atoms with Gasteiger partial charge < -0.3 is 10.2 Å². The van der Waals surface area contributed by atoms with Crippen molar-refractivity contribution >= 4 is 33.1 Å². The number of thiocarbonyl (C=S) groups is 1. The summed E-state index contributed by atoms with van der Waals surface area (Å²) in [6.45, 7) is 7.37. The number of ketones is 1. The largest absolute Gasteiger partial charge is 0.360 e. The van der Waals surface area contributed by atoms with Crippen LogP contribution in [0.4, 0.5) is 0 Å². The Labute approximate surface area is 148 Å². The molecule has 0 radical (unpaired) electrons. The van der Waals surface area contributed by atoms with Crippen LogP contribution in [0.5, 0.6) is 0 Å². The maximum Gasteiger partial charge on any atom is 0.243 e. The van der Waals surface area contributed by atoms with E-state index in [0.717, 1.165) is 0 Å². The minimum absolute atomic E-state index is 0.0845. The first kappa shape index (κ1) is 18.8. The summed E-state index contributed by atoms with van der Waals surface area (Å²) in [6.07, 6.45) is 0. The van der Waals surface area contributed by atoms with Crippen LogP contribution in [0.25, 0.3) is 0 Å². The third kappa shape index (κ3) is 4.31. The number of nitrogens with zero attached hydrogens (tertiary/aromatic N) is 2. The number of hydrogen-bond donors (Lipinski definition) is 1. The number of nitrogens with one attached hydrogen (secondary N) is 1. The van der Waals surface area contributed by atoms with E-state index in [2.05, 4.69) is 5.32 Å². The highest BCUT2D eigenvalue weighted by molar-refractivity contribution is 7.89. The number of hydrogen-bond acceptors (Lipinski definition) is 4. The van der Waals surface area contributed by atoms with Gasteiger partial charge in [0, 0.05) is 37.8 Å². The van der Waals surface area contributed by atoms with Crippen LogP contribution in [0.1, 0.15) is 31.1 Å². The van der Waals surface area contributed by atoms with Crippen LogP contribution in [0.2, 0.25) is 0 Å². The molecule has 1 aromatic carbocycles. The van der Waals surface area contributed by atoms with Crippen molar-refractivity contribution in [1.29, 1.82) is 0 Å². The molecule has 0 aliphatic carbocycles. The van der Waals surface area contributed by atoms with E-state index in [9.17, 15) is 13.2 Å². The van der Waals surface area contributed by atoms with Crippen molar-refractivity contribution in [3.63, 3.8) is 0 Å². The third-order valence-electron chi connectivity index (χ3n) is 3.84. The van der Waals surface area contributed by atoms with E-state index >= 15 is 0 Å². The lowest BCUT2D eigenvalue weighted by Gasteiger charge is -2.36. The Morgan fingerprint density at radius 2 is 1.67 bits per heavy atom. The van der Waals surface area contributed by atoms with Gasteiger partial charge in [0.25, 0.3) is 0 Å². The van der Waals surface area contributed by atoms with Crippen LogP contribution in [0.3, 0.4) is 0 Å². The average molecular weight is 370 g/mol. The summed E-state index contributed by atoms with van der Waals surface area (Å²) in [5.41, 5.74) is 0.504. The Bertz CT molecular complexity index is 707. The molecule has 0 aromatic heterocycles. The van der Waals surface area contributed by atoms with E-state index in [1.807, 2.05) is 18.7 Å². The second kappa shape index (κ2) is 7.58. The van der Waals surface area contributed by atoms with E-state index in [1.54, 1.807) is 12.1 Å². The fraction of sp³-hybridized carbons (Fsp3) is 0.500. The molecule has 1 aliphatic heterocycles. The summed E-state index contributed by atoms with van der Waals surface area (Å²) in [4.78, 5) is 13.5. The van der Waals surface area contributed by atoms with Gasteiger partial charge in [0.1, 0.15) is 0 Å². The van der Waals surface area contributed by atoms with Crippen molar-refractivity contribution in [1.82, 2.24) is 14.5 Å². The zero-order valence-electron chi connectivity index (χ0n) is 14.2. The molecule has 0 amide bonds. The fourth-order valence-electron chi connectivity index (χ4n) is 2.48. The molecule has 24 heavy (non-hydrogen) atoms.